The summed E-state index contributed by atoms with van der Waals surface area (Å²) in [5.41, 5.74) is 3.39. The summed E-state index contributed by atoms with van der Waals surface area (Å²) in [7, 11) is 0. The zero-order valence-electron chi connectivity index (χ0n) is 13.5. The fraction of sp³-hybridized carbons (Fsp3) is 0.136. The first-order valence-electron chi connectivity index (χ1n) is 8.38. The maximum atomic E-state index is 12.7. The zero-order chi connectivity index (χ0) is 16.4. The molecule has 1 aliphatic heterocycles. The Morgan fingerprint density at radius 3 is 2.67 bits per heavy atom. The van der Waals surface area contributed by atoms with Crippen molar-refractivity contribution in [2.45, 2.75) is 12.8 Å². The predicted molar refractivity (Wildman–Crippen MR) is 100 cm³/mol. The number of aryl methyl sites for hydroxylation is 1. The molecular weight excluding hydrogens is 294 g/mol. The second kappa shape index (κ2) is 6.32. The van der Waals surface area contributed by atoms with Crippen molar-refractivity contribution in [3.8, 4) is 0 Å². The summed E-state index contributed by atoms with van der Waals surface area (Å²) in [6, 6.07) is 22.6. The van der Waals surface area contributed by atoms with Crippen molar-refractivity contribution in [1.29, 1.82) is 0 Å². The average molecular weight is 313 g/mol. The van der Waals surface area contributed by atoms with Gasteiger partial charge < -0.3 is 4.90 Å². The van der Waals surface area contributed by atoms with Crippen molar-refractivity contribution in [3.63, 3.8) is 0 Å². The molecule has 0 aromatic heterocycles. The smallest absolute Gasteiger partial charge is 0.250 e. The maximum Gasteiger partial charge on any atom is 0.250 e. The Hall–Kier alpha value is -2.87. The second-order valence-corrected chi connectivity index (χ2v) is 6.12. The summed E-state index contributed by atoms with van der Waals surface area (Å²) >= 11 is 0. The summed E-state index contributed by atoms with van der Waals surface area (Å²) < 4.78 is 0. The number of amides is 1. The number of nitrogens with zero attached hydrogens (tertiary/aromatic N) is 1. The van der Waals surface area contributed by atoms with Crippen LogP contribution >= 0.6 is 0 Å². The molecule has 0 atom stereocenters. The third kappa shape index (κ3) is 2.71. The number of benzene rings is 3. The minimum atomic E-state index is 0.0510. The quantitative estimate of drug-likeness (QED) is 0.620. The van der Waals surface area contributed by atoms with Gasteiger partial charge in [0.15, 0.2) is 0 Å². The van der Waals surface area contributed by atoms with Gasteiger partial charge in [0.25, 0.3) is 5.91 Å². The molecule has 0 spiro atoms. The summed E-state index contributed by atoms with van der Waals surface area (Å²) in [4.78, 5) is 14.6. The lowest BCUT2D eigenvalue weighted by molar-refractivity contribution is -0.114. The molecule has 3 aromatic rings. The van der Waals surface area contributed by atoms with Crippen LogP contribution in [0.2, 0.25) is 0 Å². The van der Waals surface area contributed by atoms with Gasteiger partial charge in [-0.15, -0.1) is 0 Å². The Balaban J connectivity index is 1.64. The molecule has 0 unspecified atom stereocenters. The van der Waals surface area contributed by atoms with Crippen LogP contribution in [0, 0.1) is 0 Å². The summed E-state index contributed by atoms with van der Waals surface area (Å²) in [6.07, 6.45) is 5.70. The van der Waals surface area contributed by atoms with E-state index in [2.05, 4.69) is 30.3 Å². The van der Waals surface area contributed by atoms with Crippen LogP contribution in [0.25, 0.3) is 16.8 Å². The molecule has 0 fully saturated rings. The van der Waals surface area contributed by atoms with E-state index in [1.165, 1.54) is 16.3 Å². The number of fused-ring (bicyclic) bond motifs is 2. The number of carbonyl (C=O) groups is 1. The van der Waals surface area contributed by atoms with Crippen LogP contribution < -0.4 is 4.90 Å². The van der Waals surface area contributed by atoms with Gasteiger partial charge in [-0.05, 0) is 46.9 Å². The number of rotatable bonds is 2. The van der Waals surface area contributed by atoms with Crippen LogP contribution in [0.4, 0.5) is 5.69 Å². The van der Waals surface area contributed by atoms with Crippen molar-refractivity contribution >= 4 is 28.4 Å². The fourth-order valence-corrected chi connectivity index (χ4v) is 3.41. The Labute approximate surface area is 142 Å². The first-order valence-corrected chi connectivity index (χ1v) is 8.38. The molecule has 1 heterocycles. The van der Waals surface area contributed by atoms with E-state index in [0.29, 0.717) is 0 Å². The van der Waals surface area contributed by atoms with E-state index in [0.717, 1.165) is 30.6 Å². The zero-order valence-corrected chi connectivity index (χ0v) is 13.5. The van der Waals surface area contributed by atoms with Gasteiger partial charge in [-0.3, -0.25) is 4.79 Å². The minimum absolute atomic E-state index is 0.0510. The highest BCUT2D eigenvalue weighted by Crippen LogP contribution is 2.27. The molecule has 4 rings (SSSR count). The molecule has 0 saturated carbocycles. The standard InChI is InChI=1S/C22H19NO/c24-22(23-16-6-11-19-8-2-4-13-21(19)23)15-14-18-10-5-9-17-7-1-3-12-20(17)18/h1-5,7-10,12-15H,6,11,16H2/b15-14-. The van der Waals surface area contributed by atoms with E-state index < -0.39 is 0 Å². The second-order valence-electron chi connectivity index (χ2n) is 6.12. The van der Waals surface area contributed by atoms with Gasteiger partial charge >= 0.3 is 0 Å². The number of hydrogen-bond acceptors (Lipinski definition) is 1. The van der Waals surface area contributed by atoms with Crippen molar-refractivity contribution in [3.05, 3.63) is 83.9 Å². The van der Waals surface area contributed by atoms with E-state index in [-0.39, 0.29) is 5.91 Å². The highest BCUT2D eigenvalue weighted by atomic mass is 16.2. The SMILES string of the molecule is O=C(/C=C\c1cccc2ccccc12)N1CCCc2ccccc21. The molecule has 2 nitrogen and oxygen atoms in total. The molecule has 0 saturated heterocycles. The Kier molecular flexibility index (Phi) is 3.87. The van der Waals surface area contributed by atoms with Gasteiger partial charge in [0.1, 0.15) is 0 Å². The molecule has 24 heavy (non-hydrogen) atoms. The average Bonchev–Trinajstić information content (AvgIpc) is 2.65. The molecule has 0 bridgehead atoms. The van der Waals surface area contributed by atoms with E-state index in [1.54, 1.807) is 6.08 Å². The molecule has 2 heteroatoms. The van der Waals surface area contributed by atoms with Gasteiger partial charge in [-0.2, -0.15) is 0 Å². The molecule has 1 amide bonds. The largest absolute Gasteiger partial charge is 0.309 e. The van der Waals surface area contributed by atoms with Crippen LogP contribution in [-0.2, 0) is 11.2 Å². The van der Waals surface area contributed by atoms with Gasteiger partial charge in [0.2, 0.25) is 0 Å². The number of para-hydroxylation sites is 1. The van der Waals surface area contributed by atoms with Gasteiger partial charge in [-0.1, -0.05) is 60.7 Å². The van der Waals surface area contributed by atoms with Crippen LogP contribution in [0.15, 0.2) is 72.8 Å². The van der Waals surface area contributed by atoms with E-state index >= 15 is 0 Å². The highest BCUT2D eigenvalue weighted by molar-refractivity contribution is 6.05. The normalized spacial score (nSPS) is 14.1. The van der Waals surface area contributed by atoms with Gasteiger partial charge in [0.05, 0.1) is 0 Å². The molecular formula is C22H19NO. The van der Waals surface area contributed by atoms with Gasteiger partial charge in [0, 0.05) is 18.3 Å². The van der Waals surface area contributed by atoms with E-state index in [1.807, 2.05) is 47.4 Å². The van der Waals surface area contributed by atoms with Crippen molar-refractivity contribution in [1.82, 2.24) is 0 Å². The number of hydrogen-bond donors (Lipinski definition) is 0. The first kappa shape index (κ1) is 14.7. The Morgan fingerprint density at radius 2 is 1.71 bits per heavy atom. The van der Waals surface area contributed by atoms with Crippen LogP contribution in [0.5, 0.6) is 0 Å². The number of carbonyl (C=O) groups excluding carboxylic acids is 1. The maximum absolute atomic E-state index is 12.7. The third-order valence-electron chi connectivity index (χ3n) is 4.61. The van der Waals surface area contributed by atoms with Crippen molar-refractivity contribution < 1.29 is 4.79 Å². The van der Waals surface area contributed by atoms with Crippen LogP contribution in [0.1, 0.15) is 17.5 Å². The van der Waals surface area contributed by atoms with Crippen LogP contribution in [-0.4, -0.2) is 12.5 Å². The Morgan fingerprint density at radius 1 is 0.917 bits per heavy atom. The lowest BCUT2D eigenvalue weighted by Crippen LogP contribution is -2.34. The van der Waals surface area contributed by atoms with E-state index in [4.69, 9.17) is 0 Å². The lowest BCUT2D eigenvalue weighted by Gasteiger charge is -2.28. The van der Waals surface area contributed by atoms with Crippen molar-refractivity contribution in [2.75, 3.05) is 11.4 Å². The Bertz CT molecular complexity index is 921. The summed E-state index contributed by atoms with van der Waals surface area (Å²) in [5, 5.41) is 2.36. The summed E-state index contributed by atoms with van der Waals surface area (Å²) in [6.45, 7) is 0.787. The van der Waals surface area contributed by atoms with E-state index in [9.17, 15) is 4.79 Å². The fourth-order valence-electron chi connectivity index (χ4n) is 3.41. The van der Waals surface area contributed by atoms with Crippen LogP contribution in [0.3, 0.4) is 0 Å². The first-order chi connectivity index (χ1) is 11.8. The monoisotopic (exact) mass is 313 g/mol. The molecule has 0 N–H and O–H groups in total. The molecule has 1 aliphatic rings. The van der Waals surface area contributed by atoms with Gasteiger partial charge in [-0.25, -0.2) is 0 Å². The van der Waals surface area contributed by atoms with Crippen molar-refractivity contribution in [2.24, 2.45) is 0 Å². The minimum Gasteiger partial charge on any atom is -0.309 e. The topological polar surface area (TPSA) is 20.3 Å². The molecule has 118 valence electrons. The lowest BCUT2D eigenvalue weighted by atomic mass is 10.0. The molecule has 0 aliphatic carbocycles. The third-order valence-corrected chi connectivity index (χ3v) is 4.61. The highest BCUT2D eigenvalue weighted by Gasteiger charge is 2.20. The summed E-state index contributed by atoms with van der Waals surface area (Å²) in [5.74, 6) is 0.0510. The predicted octanol–water partition coefficient (Wildman–Crippen LogP) is 4.83. The number of anilines is 1. The molecule has 3 aromatic carbocycles. The molecule has 0 radical (unpaired) electrons.